The molecule has 1 saturated heterocycles. The molecule has 33 heavy (non-hydrogen) atoms. The minimum absolute atomic E-state index is 0. The average molecular weight is 472 g/mol. The van der Waals surface area contributed by atoms with E-state index in [0.717, 1.165) is 25.9 Å². The maximum atomic E-state index is 12.5. The van der Waals surface area contributed by atoms with Gasteiger partial charge in [-0.1, -0.05) is 50.6 Å². The summed E-state index contributed by atoms with van der Waals surface area (Å²) in [6.07, 6.45) is 7.85. The number of likely N-dealkylation sites (tertiary alicyclic amines) is 1. The van der Waals surface area contributed by atoms with Crippen LogP contribution in [0.3, 0.4) is 0 Å². The van der Waals surface area contributed by atoms with Crippen LogP contribution >= 0.6 is 12.4 Å². The minimum atomic E-state index is -0.470. The molecule has 1 unspecified atom stereocenters. The monoisotopic (exact) mass is 471 g/mol. The summed E-state index contributed by atoms with van der Waals surface area (Å²) in [5, 5.41) is 0. The third-order valence-corrected chi connectivity index (χ3v) is 6.19. The molecule has 2 aromatic rings. The number of hydrogen-bond acceptors (Lipinski definition) is 5. The quantitative estimate of drug-likeness (QED) is 0.290. The van der Waals surface area contributed by atoms with Crippen LogP contribution in [0.1, 0.15) is 57.1 Å². The van der Waals surface area contributed by atoms with Crippen LogP contribution in [-0.2, 0) is 15.0 Å². The highest BCUT2D eigenvalue weighted by atomic mass is 35.5. The van der Waals surface area contributed by atoms with Crippen LogP contribution in [0.2, 0.25) is 0 Å². The molecule has 6 heteroatoms. The number of ether oxygens (including phenoxy) is 2. The fourth-order valence-corrected chi connectivity index (χ4v) is 4.35. The molecule has 1 aliphatic rings. The summed E-state index contributed by atoms with van der Waals surface area (Å²) in [6, 6.07) is 15.0. The van der Waals surface area contributed by atoms with E-state index in [1.807, 2.05) is 24.3 Å². The smallest absolute Gasteiger partial charge is 0.336 e. The topological polar surface area (TPSA) is 55.8 Å². The Morgan fingerprint density at radius 1 is 1.06 bits per heavy atom. The Balaban J connectivity index is 0.00000385. The highest BCUT2D eigenvalue weighted by molar-refractivity contribution is 5.89. The molecule has 0 saturated carbocycles. The second-order valence-electron chi connectivity index (χ2n) is 8.48. The van der Waals surface area contributed by atoms with Gasteiger partial charge in [-0.2, -0.15) is 0 Å². The number of likely N-dealkylation sites (N-methyl/N-ethyl adjacent to an activating group) is 1. The first kappa shape index (κ1) is 26.6. The summed E-state index contributed by atoms with van der Waals surface area (Å²) in [7, 11) is 2.18. The van der Waals surface area contributed by atoms with E-state index in [4.69, 9.17) is 9.47 Å². The Hall–Kier alpha value is -2.63. The van der Waals surface area contributed by atoms with Crippen molar-refractivity contribution in [3.8, 4) is 11.5 Å². The van der Waals surface area contributed by atoms with Gasteiger partial charge in [-0.05, 0) is 62.7 Å². The van der Waals surface area contributed by atoms with Crippen LogP contribution < -0.4 is 9.47 Å². The van der Waals surface area contributed by atoms with Crippen molar-refractivity contribution in [2.45, 2.75) is 51.4 Å². The highest BCUT2D eigenvalue weighted by Crippen LogP contribution is 2.37. The number of benzene rings is 2. The Labute approximate surface area is 203 Å². The van der Waals surface area contributed by atoms with E-state index in [1.165, 1.54) is 24.5 Å². The summed E-state index contributed by atoms with van der Waals surface area (Å²) in [5.41, 5.74) is 1.94. The van der Waals surface area contributed by atoms with Crippen LogP contribution in [0.15, 0.2) is 54.6 Å². The summed E-state index contributed by atoms with van der Waals surface area (Å²) < 4.78 is 10.9. The molecule has 0 spiro atoms. The van der Waals surface area contributed by atoms with Crippen LogP contribution in [0, 0.1) is 0 Å². The standard InChI is InChI=1S/C27H33NO4.ClH/c1-4-25(29)32-24-14-7-6-11-21(24)15-16-26(30)31-23-13-10-12-22(19-23)27(5-2)17-8-9-18-28(3)20-27;/h6-7,10-16,19H,4-5,8-9,17-18,20H2,1-3H3;1H/b16-15-;. The molecule has 3 rings (SSSR count). The van der Waals surface area contributed by atoms with Crippen molar-refractivity contribution in [3.05, 3.63) is 65.7 Å². The van der Waals surface area contributed by atoms with E-state index in [9.17, 15) is 9.59 Å². The number of hydrogen-bond donors (Lipinski definition) is 0. The van der Waals surface area contributed by atoms with Gasteiger partial charge >= 0.3 is 11.9 Å². The second-order valence-corrected chi connectivity index (χ2v) is 8.48. The number of nitrogens with zero attached hydrogens (tertiary/aromatic N) is 1. The molecule has 1 heterocycles. The lowest BCUT2D eigenvalue weighted by Crippen LogP contribution is -2.37. The number of carbonyl (C=O) groups excluding carboxylic acids is 2. The lowest BCUT2D eigenvalue weighted by Gasteiger charge is -2.35. The van der Waals surface area contributed by atoms with Crippen molar-refractivity contribution in [1.82, 2.24) is 4.90 Å². The fourth-order valence-electron chi connectivity index (χ4n) is 4.35. The molecule has 178 valence electrons. The largest absolute Gasteiger partial charge is 0.426 e. The van der Waals surface area contributed by atoms with Crippen LogP contribution in [0.5, 0.6) is 11.5 Å². The Morgan fingerprint density at radius 2 is 1.85 bits per heavy atom. The van der Waals surface area contributed by atoms with Gasteiger partial charge in [-0.25, -0.2) is 4.79 Å². The molecule has 0 N–H and O–H groups in total. The maximum absolute atomic E-state index is 12.5. The van der Waals surface area contributed by atoms with Gasteiger partial charge < -0.3 is 14.4 Å². The predicted molar refractivity (Wildman–Crippen MR) is 134 cm³/mol. The molecular weight excluding hydrogens is 438 g/mol. The first-order valence-corrected chi connectivity index (χ1v) is 11.4. The second kappa shape index (κ2) is 12.6. The number of para-hydroxylation sites is 1. The van der Waals surface area contributed by atoms with Crippen molar-refractivity contribution in [3.63, 3.8) is 0 Å². The molecule has 1 fully saturated rings. The lowest BCUT2D eigenvalue weighted by atomic mass is 9.74. The molecule has 2 aromatic carbocycles. The number of esters is 2. The minimum Gasteiger partial charge on any atom is -0.426 e. The number of rotatable bonds is 7. The Kier molecular flexibility index (Phi) is 10.1. The number of carbonyl (C=O) groups is 2. The molecule has 0 aliphatic carbocycles. The third-order valence-electron chi connectivity index (χ3n) is 6.19. The van der Waals surface area contributed by atoms with Gasteiger partial charge in [0.25, 0.3) is 0 Å². The van der Waals surface area contributed by atoms with Gasteiger partial charge in [0.15, 0.2) is 0 Å². The van der Waals surface area contributed by atoms with Gasteiger partial charge in [0.05, 0.1) is 0 Å². The summed E-state index contributed by atoms with van der Waals surface area (Å²) in [5.74, 6) is 0.178. The van der Waals surface area contributed by atoms with Crippen LogP contribution in [0.25, 0.3) is 6.08 Å². The molecule has 0 bridgehead atoms. The van der Waals surface area contributed by atoms with Gasteiger partial charge in [-0.3, -0.25) is 4.79 Å². The fraction of sp³-hybridized carbons (Fsp3) is 0.407. The average Bonchev–Trinajstić information content (AvgIpc) is 3.00. The Morgan fingerprint density at radius 3 is 2.61 bits per heavy atom. The first-order chi connectivity index (χ1) is 15.5. The zero-order valence-corrected chi connectivity index (χ0v) is 20.5. The lowest BCUT2D eigenvalue weighted by molar-refractivity contribution is -0.134. The molecule has 0 amide bonds. The van der Waals surface area contributed by atoms with E-state index in [2.05, 4.69) is 24.9 Å². The number of halogens is 1. The first-order valence-electron chi connectivity index (χ1n) is 11.4. The van der Waals surface area contributed by atoms with Crippen LogP contribution in [0.4, 0.5) is 0 Å². The van der Waals surface area contributed by atoms with E-state index >= 15 is 0 Å². The molecule has 5 nitrogen and oxygen atoms in total. The zero-order valence-electron chi connectivity index (χ0n) is 19.7. The summed E-state index contributed by atoms with van der Waals surface area (Å²) in [6.45, 7) is 6.11. The normalized spacial score (nSPS) is 18.9. The van der Waals surface area contributed by atoms with E-state index < -0.39 is 5.97 Å². The van der Waals surface area contributed by atoms with Crippen molar-refractivity contribution in [2.75, 3.05) is 20.1 Å². The summed E-state index contributed by atoms with van der Waals surface area (Å²) in [4.78, 5) is 26.5. The van der Waals surface area contributed by atoms with Gasteiger partial charge in [0.1, 0.15) is 11.5 Å². The molecular formula is C27H34ClNO4. The SMILES string of the molecule is CCC(=O)Oc1ccccc1/C=C\C(=O)Oc1cccc(C2(CC)CCCCN(C)C2)c1.Cl. The van der Waals surface area contributed by atoms with E-state index in [1.54, 1.807) is 31.2 Å². The predicted octanol–water partition coefficient (Wildman–Crippen LogP) is 5.81. The Bertz CT molecular complexity index is 974. The molecule has 0 radical (unpaired) electrons. The molecule has 1 atom stereocenters. The van der Waals surface area contributed by atoms with E-state index in [0.29, 0.717) is 17.1 Å². The molecule has 1 aliphatic heterocycles. The maximum Gasteiger partial charge on any atom is 0.336 e. The highest BCUT2D eigenvalue weighted by Gasteiger charge is 2.33. The van der Waals surface area contributed by atoms with Crippen molar-refractivity contribution >= 4 is 30.4 Å². The van der Waals surface area contributed by atoms with Gasteiger partial charge in [0, 0.05) is 30.0 Å². The molecule has 0 aromatic heterocycles. The van der Waals surface area contributed by atoms with Crippen molar-refractivity contribution in [1.29, 1.82) is 0 Å². The van der Waals surface area contributed by atoms with Crippen molar-refractivity contribution in [2.24, 2.45) is 0 Å². The van der Waals surface area contributed by atoms with Crippen LogP contribution in [-0.4, -0.2) is 37.0 Å². The van der Waals surface area contributed by atoms with Crippen molar-refractivity contribution < 1.29 is 19.1 Å². The van der Waals surface area contributed by atoms with Gasteiger partial charge in [-0.15, -0.1) is 12.4 Å². The third kappa shape index (κ3) is 7.18. The van der Waals surface area contributed by atoms with E-state index in [-0.39, 0.29) is 30.2 Å². The zero-order chi connectivity index (χ0) is 23.0. The van der Waals surface area contributed by atoms with Gasteiger partial charge in [0.2, 0.25) is 0 Å². The summed E-state index contributed by atoms with van der Waals surface area (Å²) >= 11 is 0.